The van der Waals surface area contributed by atoms with Crippen molar-refractivity contribution < 1.29 is 9.47 Å². The van der Waals surface area contributed by atoms with Crippen LogP contribution in [0.4, 0.5) is 5.82 Å². The van der Waals surface area contributed by atoms with Gasteiger partial charge in [0.25, 0.3) is 0 Å². The number of anilines is 1. The normalized spacial score (nSPS) is 12.0. The zero-order valence-corrected chi connectivity index (χ0v) is 11.4. The van der Waals surface area contributed by atoms with Crippen molar-refractivity contribution in [2.24, 2.45) is 0 Å². The minimum atomic E-state index is 0.284. The fourth-order valence-corrected chi connectivity index (χ4v) is 2.01. The lowest BCUT2D eigenvalue weighted by Gasteiger charge is -2.10. The maximum absolute atomic E-state index is 5.33. The van der Waals surface area contributed by atoms with Crippen LogP contribution in [0, 0.1) is 0 Å². The van der Waals surface area contributed by atoms with Crippen LogP contribution in [0.5, 0.6) is 11.5 Å². The van der Waals surface area contributed by atoms with Crippen LogP contribution in [-0.4, -0.2) is 16.9 Å². The van der Waals surface area contributed by atoms with Gasteiger partial charge in [-0.15, -0.1) is 0 Å². The largest absolute Gasteiger partial charge is 0.454 e. The van der Waals surface area contributed by atoms with Crippen molar-refractivity contribution in [2.45, 2.75) is 6.54 Å². The average molecular weight is 287 g/mol. The van der Waals surface area contributed by atoms with Gasteiger partial charge in [-0.25, -0.2) is 4.98 Å². The van der Waals surface area contributed by atoms with Crippen LogP contribution in [0.1, 0.15) is 5.56 Å². The third-order valence-corrected chi connectivity index (χ3v) is 3.04. The minimum Gasteiger partial charge on any atom is -0.454 e. The molecule has 6 heteroatoms. The first kappa shape index (κ1) is 12.7. The zero-order chi connectivity index (χ0) is 13.8. The Morgan fingerprint density at radius 3 is 2.95 bits per heavy atom. The summed E-state index contributed by atoms with van der Waals surface area (Å²) in [4.78, 5) is 4.15. The van der Waals surface area contributed by atoms with Crippen molar-refractivity contribution in [3.63, 3.8) is 0 Å². The van der Waals surface area contributed by atoms with Crippen LogP contribution in [-0.2, 0) is 6.54 Å². The molecule has 0 saturated carbocycles. The van der Waals surface area contributed by atoms with Crippen LogP contribution >= 0.6 is 12.2 Å². The summed E-state index contributed by atoms with van der Waals surface area (Å²) in [5.74, 6) is 2.27. The number of ether oxygens (including phenoxy) is 2. The summed E-state index contributed by atoms with van der Waals surface area (Å²) in [6.07, 6.45) is 1.71. The number of pyridine rings is 1. The van der Waals surface area contributed by atoms with Crippen molar-refractivity contribution in [2.75, 3.05) is 12.1 Å². The molecule has 0 bridgehead atoms. The summed E-state index contributed by atoms with van der Waals surface area (Å²) in [5.41, 5.74) is 1.07. The molecule has 0 aliphatic carbocycles. The molecule has 0 atom stereocenters. The molecular formula is C14H13N3O2S. The number of hydrogen-bond donors (Lipinski definition) is 2. The summed E-state index contributed by atoms with van der Waals surface area (Å²) in [7, 11) is 0. The molecule has 1 aliphatic rings. The molecule has 1 aromatic heterocycles. The summed E-state index contributed by atoms with van der Waals surface area (Å²) in [6, 6.07) is 11.4. The molecule has 1 aliphatic heterocycles. The standard InChI is InChI=1S/C14H13N3O2S/c20-14(17-13-3-1-2-6-15-13)16-8-10-4-5-11-12(7-10)19-9-18-11/h1-7H,8-9H2,(H2,15,16,17,20). The third-order valence-electron chi connectivity index (χ3n) is 2.80. The molecule has 0 fully saturated rings. The summed E-state index contributed by atoms with van der Waals surface area (Å²) in [5, 5.41) is 6.67. The van der Waals surface area contributed by atoms with Gasteiger partial charge in [0.05, 0.1) is 0 Å². The van der Waals surface area contributed by atoms with Gasteiger partial charge in [-0.3, -0.25) is 0 Å². The average Bonchev–Trinajstić information content (AvgIpc) is 2.93. The highest BCUT2D eigenvalue weighted by Crippen LogP contribution is 2.32. The van der Waals surface area contributed by atoms with E-state index < -0.39 is 0 Å². The van der Waals surface area contributed by atoms with E-state index in [0.29, 0.717) is 11.7 Å². The topological polar surface area (TPSA) is 55.4 Å². The van der Waals surface area contributed by atoms with E-state index in [0.717, 1.165) is 22.9 Å². The van der Waals surface area contributed by atoms with E-state index in [-0.39, 0.29) is 6.79 Å². The number of fused-ring (bicyclic) bond motifs is 1. The van der Waals surface area contributed by atoms with E-state index in [1.165, 1.54) is 0 Å². The first-order valence-corrected chi connectivity index (χ1v) is 6.56. The second kappa shape index (κ2) is 5.75. The molecule has 3 rings (SSSR count). The lowest BCUT2D eigenvalue weighted by Crippen LogP contribution is -2.28. The van der Waals surface area contributed by atoms with Gasteiger partial charge in [0, 0.05) is 12.7 Å². The Hall–Kier alpha value is -2.34. The van der Waals surface area contributed by atoms with Gasteiger partial charge in [0.1, 0.15) is 5.82 Å². The van der Waals surface area contributed by atoms with Crippen molar-refractivity contribution in [1.82, 2.24) is 10.3 Å². The van der Waals surface area contributed by atoms with Crippen LogP contribution in [0.2, 0.25) is 0 Å². The molecule has 2 heterocycles. The van der Waals surface area contributed by atoms with Crippen LogP contribution < -0.4 is 20.1 Å². The number of nitrogens with one attached hydrogen (secondary N) is 2. The maximum atomic E-state index is 5.33. The summed E-state index contributed by atoms with van der Waals surface area (Å²) >= 11 is 5.22. The Kier molecular flexibility index (Phi) is 3.64. The molecule has 102 valence electrons. The van der Waals surface area contributed by atoms with Crippen molar-refractivity contribution >= 4 is 23.1 Å². The summed E-state index contributed by atoms with van der Waals surface area (Å²) < 4.78 is 10.6. The lowest BCUT2D eigenvalue weighted by atomic mass is 10.2. The summed E-state index contributed by atoms with van der Waals surface area (Å²) in [6.45, 7) is 0.890. The Morgan fingerprint density at radius 2 is 2.10 bits per heavy atom. The van der Waals surface area contributed by atoms with Crippen molar-refractivity contribution in [3.05, 3.63) is 48.2 Å². The molecule has 2 N–H and O–H groups in total. The molecule has 0 radical (unpaired) electrons. The molecular weight excluding hydrogens is 274 g/mol. The number of benzene rings is 1. The highest BCUT2D eigenvalue weighted by atomic mass is 32.1. The predicted molar refractivity (Wildman–Crippen MR) is 79.9 cm³/mol. The number of aromatic nitrogens is 1. The molecule has 20 heavy (non-hydrogen) atoms. The fraction of sp³-hybridized carbons (Fsp3) is 0.143. The monoisotopic (exact) mass is 287 g/mol. The van der Waals surface area contributed by atoms with E-state index in [1.807, 2.05) is 36.4 Å². The Morgan fingerprint density at radius 1 is 1.20 bits per heavy atom. The van der Waals surface area contributed by atoms with Gasteiger partial charge in [0.15, 0.2) is 16.6 Å². The van der Waals surface area contributed by atoms with Crippen LogP contribution in [0.25, 0.3) is 0 Å². The molecule has 1 aromatic carbocycles. The Bertz CT molecular complexity index is 619. The maximum Gasteiger partial charge on any atom is 0.231 e. The first-order valence-electron chi connectivity index (χ1n) is 6.16. The van der Waals surface area contributed by atoms with E-state index in [4.69, 9.17) is 21.7 Å². The highest BCUT2D eigenvalue weighted by molar-refractivity contribution is 7.80. The first-order chi connectivity index (χ1) is 9.81. The van der Waals surface area contributed by atoms with E-state index >= 15 is 0 Å². The fourth-order valence-electron chi connectivity index (χ4n) is 1.83. The highest BCUT2D eigenvalue weighted by Gasteiger charge is 2.13. The van der Waals surface area contributed by atoms with E-state index in [1.54, 1.807) is 6.20 Å². The molecule has 0 saturated heterocycles. The molecule has 0 spiro atoms. The molecule has 0 amide bonds. The number of nitrogens with zero attached hydrogens (tertiary/aromatic N) is 1. The van der Waals surface area contributed by atoms with Gasteiger partial charge in [-0.1, -0.05) is 12.1 Å². The van der Waals surface area contributed by atoms with Gasteiger partial charge >= 0.3 is 0 Å². The number of rotatable bonds is 3. The number of thiocarbonyl (C=S) groups is 1. The van der Waals surface area contributed by atoms with Gasteiger partial charge in [-0.05, 0) is 42.0 Å². The second-order valence-electron chi connectivity index (χ2n) is 4.21. The number of hydrogen-bond acceptors (Lipinski definition) is 4. The second-order valence-corrected chi connectivity index (χ2v) is 4.62. The van der Waals surface area contributed by atoms with Crippen LogP contribution in [0.3, 0.4) is 0 Å². The van der Waals surface area contributed by atoms with Gasteiger partial charge in [0.2, 0.25) is 6.79 Å². The van der Waals surface area contributed by atoms with E-state index in [2.05, 4.69) is 15.6 Å². The SMILES string of the molecule is S=C(NCc1ccc2c(c1)OCO2)Nc1ccccn1. The quantitative estimate of drug-likeness (QED) is 0.845. The minimum absolute atomic E-state index is 0.284. The van der Waals surface area contributed by atoms with E-state index in [9.17, 15) is 0 Å². The lowest BCUT2D eigenvalue weighted by molar-refractivity contribution is 0.174. The zero-order valence-electron chi connectivity index (χ0n) is 10.6. The van der Waals surface area contributed by atoms with Crippen LogP contribution in [0.15, 0.2) is 42.6 Å². The third kappa shape index (κ3) is 2.97. The van der Waals surface area contributed by atoms with Crippen molar-refractivity contribution in [3.8, 4) is 11.5 Å². The molecule has 5 nitrogen and oxygen atoms in total. The molecule has 2 aromatic rings. The Balaban J connectivity index is 1.55. The predicted octanol–water partition coefficient (Wildman–Crippen LogP) is 2.30. The van der Waals surface area contributed by atoms with Gasteiger partial charge < -0.3 is 20.1 Å². The van der Waals surface area contributed by atoms with Gasteiger partial charge in [-0.2, -0.15) is 0 Å². The molecule has 0 unspecified atom stereocenters. The smallest absolute Gasteiger partial charge is 0.231 e. The van der Waals surface area contributed by atoms with Crippen molar-refractivity contribution in [1.29, 1.82) is 0 Å². The Labute approximate surface area is 121 Å².